The van der Waals surface area contributed by atoms with Gasteiger partial charge in [0, 0.05) is 30.2 Å². The van der Waals surface area contributed by atoms with Crippen molar-refractivity contribution in [2.45, 2.75) is 18.4 Å². The smallest absolute Gasteiger partial charge is 0.240 e. The molecule has 0 spiro atoms. The number of piperidine rings is 1. The molecule has 3 rings (SSSR count). The van der Waals surface area contributed by atoms with Crippen LogP contribution in [0.4, 0.5) is 9.52 Å². The van der Waals surface area contributed by atoms with E-state index in [9.17, 15) is 14.3 Å². The summed E-state index contributed by atoms with van der Waals surface area (Å²) < 4.78 is 13.9. The van der Waals surface area contributed by atoms with Crippen LogP contribution in [0.15, 0.2) is 35.8 Å². The summed E-state index contributed by atoms with van der Waals surface area (Å²) in [5.41, 5.74) is -0.819. The average Bonchev–Trinajstić information content (AvgIpc) is 3.03. The fourth-order valence-corrected chi connectivity index (χ4v) is 3.38. The molecule has 1 aliphatic heterocycles. The number of halogens is 1. The first kappa shape index (κ1) is 16.0. The molecule has 1 aliphatic rings. The predicted octanol–water partition coefficient (Wildman–Crippen LogP) is 2.20. The van der Waals surface area contributed by atoms with Crippen LogP contribution in [0.5, 0.6) is 0 Å². The molecule has 0 bridgehead atoms. The number of nitrogens with zero attached hydrogens (tertiary/aromatic N) is 2. The van der Waals surface area contributed by atoms with Crippen LogP contribution in [-0.4, -0.2) is 40.5 Å². The number of hydrogen-bond donors (Lipinski definition) is 2. The second kappa shape index (κ2) is 6.74. The predicted molar refractivity (Wildman–Crippen MR) is 86.7 cm³/mol. The number of hydrogen-bond acceptors (Lipinski definition) is 5. The normalized spacial score (nSPS) is 17.8. The molecule has 23 heavy (non-hydrogen) atoms. The Morgan fingerprint density at radius 3 is 2.78 bits per heavy atom. The lowest BCUT2D eigenvalue weighted by atomic mass is 9.84. The maximum absolute atomic E-state index is 13.9. The van der Waals surface area contributed by atoms with Crippen molar-refractivity contribution in [2.75, 3.05) is 25.0 Å². The van der Waals surface area contributed by atoms with E-state index in [2.05, 4.69) is 10.3 Å². The first-order valence-electron chi connectivity index (χ1n) is 7.46. The Hall–Kier alpha value is -1.83. The van der Waals surface area contributed by atoms with Crippen molar-refractivity contribution >= 4 is 22.4 Å². The molecule has 0 unspecified atom stereocenters. The molecule has 1 amide bonds. The van der Waals surface area contributed by atoms with Gasteiger partial charge in [-0.15, -0.1) is 11.3 Å². The van der Waals surface area contributed by atoms with Crippen LogP contribution < -0.4 is 5.32 Å². The lowest BCUT2D eigenvalue weighted by Crippen LogP contribution is -2.45. The second-order valence-corrected chi connectivity index (χ2v) is 6.57. The summed E-state index contributed by atoms with van der Waals surface area (Å²) in [4.78, 5) is 17.9. The molecule has 5 nitrogen and oxygen atoms in total. The van der Waals surface area contributed by atoms with Crippen molar-refractivity contribution in [2.24, 2.45) is 0 Å². The molecule has 1 aromatic carbocycles. The fourth-order valence-electron chi connectivity index (χ4n) is 2.84. The summed E-state index contributed by atoms with van der Waals surface area (Å²) in [5.74, 6) is -0.513. The first-order valence-corrected chi connectivity index (χ1v) is 8.34. The quantitative estimate of drug-likeness (QED) is 0.899. The summed E-state index contributed by atoms with van der Waals surface area (Å²) in [6.45, 7) is 1.32. The number of benzene rings is 1. The molecule has 0 saturated carbocycles. The van der Waals surface area contributed by atoms with Gasteiger partial charge in [0.2, 0.25) is 5.91 Å². The lowest BCUT2D eigenvalue weighted by molar-refractivity contribution is -0.118. The van der Waals surface area contributed by atoms with Gasteiger partial charge >= 0.3 is 0 Å². The monoisotopic (exact) mass is 335 g/mol. The number of likely N-dealkylation sites (tertiary alicyclic amines) is 1. The molecule has 1 fully saturated rings. The molecule has 2 heterocycles. The van der Waals surface area contributed by atoms with Crippen molar-refractivity contribution in [3.63, 3.8) is 0 Å². The van der Waals surface area contributed by atoms with Gasteiger partial charge in [0.1, 0.15) is 5.82 Å². The standard InChI is InChI=1S/C16H18FN3O2S/c17-13-4-2-1-3-12(13)16(22)5-8-20(9-6-16)11-14(21)19-15-18-7-10-23-15/h1-4,7,10,22H,5-6,8-9,11H2,(H,18,19,21). The van der Waals surface area contributed by atoms with Gasteiger partial charge in [0.15, 0.2) is 5.13 Å². The number of aliphatic hydroxyl groups is 1. The molecule has 1 saturated heterocycles. The van der Waals surface area contributed by atoms with Crippen molar-refractivity contribution < 1.29 is 14.3 Å². The topological polar surface area (TPSA) is 65.5 Å². The summed E-state index contributed by atoms with van der Waals surface area (Å²) >= 11 is 1.37. The van der Waals surface area contributed by atoms with Crippen molar-refractivity contribution in [1.82, 2.24) is 9.88 Å². The number of anilines is 1. The minimum Gasteiger partial charge on any atom is -0.385 e. The van der Waals surface area contributed by atoms with E-state index in [1.807, 2.05) is 4.90 Å². The Labute approximate surface area is 137 Å². The molecule has 0 atom stereocenters. The van der Waals surface area contributed by atoms with Crippen LogP contribution in [0, 0.1) is 5.82 Å². The van der Waals surface area contributed by atoms with E-state index in [4.69, 9.17) is 0 Å². The highest BCUT2D eigenvalue weighted by atomic mass is 32.1. The number of carbonyl (C=O) groups excluding carboxylic acids is 1. The van der Waals surface area contributed by atoms with Crippen LogP contribution in [-0.2, 0) is 10.4 Å². The molecule has 1 aromatic heterocycles. The van der Waals surface area contributed by atoms with Gasteiger partial charge in [-0.2, -0.15) is 0 Å². The third-order valence-corrected chi connectivity index (χ3v) is 4.79. The molecule has 122 valence electrons. The minimum atomic E-state index is -1.16. The largest absolute Gasteiger partial charge is 0.385 e. The zero-order valence-electron chi connectivity index (χ0n) is 12.5. The van der Waals surface area contributed by atoms with Crippen LogP contribution >= 0.6 is 11.3 Å². The highest BCUT2D eigenvalue weighted by Gasteiger charge is 2.36. The molecule has 7 heteroatoms. The Balaban J connectivity index is 1.56. The lowest BCUT2D eigenvalue weighted by Gasteiger charge is -2.38. The number of amides is 1. The molecule has 0 aliphatic carbocycles. The van der Waals surface area contributed by atoms with Crippen molar-refractivity contribution in [1.29, 1.82) is 0 Å². The van der Waals surface area contributed by atoms with E-state index < -0.39 is 5.60 Å². The van der Waals surface area contributed by atoms with Gasteiger partial charge < -0.3 is 10.4 Å². The van der Waals surface area contributed by atoms with Crippen molar-refractivity contribution in [3.8, 4) is 0 Å². The van der Waals surface area contributed by atoms with Crippen LogP contribution in [0.1, 0.15) is 18.4 Å². The Morgan fingerprint density at radius 2 is 2.13 bits per heavy atom. The number of aromatic nitrogens is 1. The van der Waals surface area contributed by atoms with Gasteiger partial charge in [0.05, 0.1) is 12.1 Å². The molecular weight excluding hydrogens is 317 g/mol. The summed E-state index contributed by atoms with van der Waals surface area (Å²) in [7, 11) is 0. The maximum Gasteiger partial charge on any atom is 0.240 e. The highest BCUT2D eigenvalue weighted by molar-refractivity contribution is 7.13. The Morgan fingerprint density at radius 1 is 1.39 bits per heavy atom. The van der Waals surface area contributed by atoms with Crippen LogP contribution in [0.3, 0.4) is 0 Å². The summed E-state index contributed by atoms with van der Waals surface area (Å²) in [6, 6.07) is 6.33. The minimum absolute atomic E-state index is 0.128. The highest BCUT2D eigenvalue weighted by Crippen LogP contribution is 2.34. The summed E-state index contributed by atoms with van der Waals surface area (Å²) in [5, 5.41) is 15.8. The van der Waals surface area contributed by atoms with E-state index >= 15 is 0 Å². The maximum atomic E-state index is 13.9. The number of thiazole rings is 1. The van der Waals surface area contributed by atoms with Gasteiger partial charge in [-0.25, -0.2) is 9.37 Å². The van der Waals surface area contributed by atoms with Crippen LogP contribution in [0.2, 0.25) is 0 Å². The molecule has 2 N–H and O–H groups in total. The first-order chi connectivity index (χ1) is 11.1. The van der Waals surface area contributed by atoms with Gasteiger partial charge in [-0.05, 0) is 18.9 Å². The Bertz CT molecular complexity index is 670. The number of carbonyl (C=O) groups is 1. The van der Waals surface area contributed by atoms with E-state index in [1.54, 1.807) is 29.8 Å². The third-order valence-electron chi connectivity index (χ3n) is 4.10. The molecular formula is C16H18FN3O2S. The van der Waals surface area contributed by atoms with Crippen LogP contribution in [0.25, 0.3) is 0 Å². The van der Waals surface area contributed by atoms with E-state index in [-0.39, 0.29) is 18.3 Å². The number of nitrogens with one attached hydrogen (secondary N) is 1. The van der Waals surface area contributed by atoms with Crippen molar-refractivity contribution in [3.05, 3.63) is 47.2 Å². The van der Waals surface area contributed by atoms with Gasteiger partial charge in [0.25, 0.3) is 0 Å². The molecule has 2 aromatic rings. The van der Waals surface area contributed by atoms with Gasteiger partial charge in [-0.3, -0.25) is 9.69 Å². The zero-order valence-corrected chi connectivity index (χ0v) is 13.4. The van der Waals surface area contributed by atoms with E-state index in [0.29, 0.717) is 36.6 Å². The van der Waals surface area contributed by atoms with E-state index in [0.717, 1.165) is 0 Å². The number of rotatable bonds is 4. The van der Waals surface area contributed by atoms with Gasteiger partial charge in [-0.1, -0.05) is 18.2 Å². The average molecular weight is 335 g/mol. The zero-order chi connectivity index (χ0) is 16.3. The summed E-state index contributed by atoms with van der Waals surface area (Å²) in [6.07, 6.45) is 2.44. The fraction of sp³-hybridized carbons (Fsp3) is 0.375. The Kier molecular flexibility index (Phi) is 4.70. The molecule has 0 radical (unpaired) electrons. The third kappa shape index (κ3) is 3.74. The SMILES string of the molecule is O=C(CN1CCC(O)(c2ccccc2F)CC1)Nc1nccs1. The second-order valence-electron chi connectivity index (χ2n) is 5.67. The van der Waals surface area contributed by atoms with E-state index in [1.165, 1.54) is 17.4 Å².